The summed E-state index contributed by atoms with van der Waals surface area (Å²) in [6.07, 6.45) is 0. The Labute approximate surface area is 143 Å². The van der Waals surface area contributed by atoms with Gasteiger partial charge in [0.05, 0.1) is 64.5 Å². The topological polar surface area (TPSA) is 64.0 Å². The predicted octanol–water partition coefficient (Wildman–Crippen LogP) is 1.44. The highest BCUT2D eigenvalue weighted by Crippen LogP contribution is 2.10. The van der Waals surface area contributed by atoms with Gasteiger partial charge in [-0.3, -0.25) is 4.90 Å². The summed E-state index contributed by atoms with van der Waals surface area (Å²) in [5.74, 6) is 0. The van der Waals surface area contributed by atoms with Gasteiger partial charge in [0, 0.05) is 19.6 Å². The van der Waals surface area contributed by atoms with E-state index in [1.54, 1.807) is 0 Å². The van der Waals surface area contributed by atoms with Crippen LogP contribution in [0.4, 0.5) is 0 Å². The largest absolute Gasteiger partial charge is 0.378 e. The fourth-order valence-corrected chi connectivity index (χ4v) is 2.43. The van der Waals surface area contributed by atoms with Crippen LogP contribution in [0, 0.1) is 11.3 Å². The average molecular weight is 334 g/mol. The SMILES string of the molecule is N#Cc1ccccc1CN1CCOCCOCCOCCOCC1. The maximum absolute atomic E-state index is 9.24. The van der Waals surface area contributed by atoms with Crippen molar-refractivity contribution in [1.29, 1.82) is 5.26 Å². The number of hydrogen-bond acceptors (Lipinski definition) is 6. The Balaban J connectivity index is 1.88. The summed E-state index contributed by atoms with van der Waals surface area (Å²) in [5.41, 5.74) is 1.75. The third-order valence-corrected chi connectivity index (χ3v) is 3.75. The van der Waals surface area contributed by atoms with Crippen molar-refractivity contribution in [3.63, 3.8) is 0 Å². The molecule has 0 saturated carbocycles. The van der Waals surface area contributed by atoms with Crippen LogP contribution < -0.4 is 0 Å². The number of ether oxygens (including phenoxy) is 4. The molecule has 132 valence electrons. The Bertz CT molecular complexity index is 488. The van der Waals surface area contributed by atoms with Gasteiger partial charge in [0.1, 0.15) is 0 Å². The van der Waals surface area contributed by atoms with Gasteiger partial charge in [-0.25, -0.2) is 0 Å². The van der Waals surface area contributed by atoms with Crippen LogP contribution in [0.2, 0.25) is 0 Å². The molecule has 0 radical (unpaired) electrons. The summed E-state index contributed by atoms with van der Waals surface area (Å²) in [5, 5.41) is 9.24. The van der Waals surface area contributed by atoms with Crippen LogP contribution >= 0.6 is 0 Å². The zero-order valence-electron chi connectivity index (χ0n) is 14.1. The van der Waals surface area contributed by atoms with Gasteiger partial charge >= 0.3 is 0 Å². The maximum atomic E-state index is 9.24. The molecule has 1 saturated heterocycles. The van der Waals surface area contributed by atoms with Gasteiger partial charge in [0.15, 0.2) is 0 Å². The lowest BCUT2D eigenvalue weighted by atomic mass is 10.1. The van der Waals surface area contributed by atoms with Crippen LogP contribution in [0.15, 0.2) is 24.3 Å². The van der Waals surface area contributed by atoms with Gasteiger partial charge < -0.3 is 18.9 Å². The fourth-order valence-electron chi connectivity index (χ4n) is 2.43. The molecule has 1 heterocycles. The van der Waals surface area contributed by atoms with E-state index in [-0.39, 0.29) is 0 Å². The molecule has 6 heteroatoms. The van der Waals surface area contributed by atoms with Gasteiger partial charge in [0.2, 0.25) is 0 Å². The normalized spacial score (nSPS) is 19.8. The fraction of sp³-hybridized carbons (Fsp3) is 0.611. The van der Waals surface area contributed by atoms with Gasteiger partial charge in [0.25, 0.3) is 0 Å². The maximum Gasteiger partial charge on any atom is 0.0995 e. The quantitative estimate of drug-likeness (QED) is 0.815. The van der Waals surface area contributed by atoms with Crippen LogP contribution in [-0.2, 0) is 25.5 Å². The van der Waals surface area contributed by atoms with E-state index in [0.717, 1.165) is 24.2 Å². The molecular weight excluding hydrogens is 308 g/mol. The number of rotatable bonds is 2. The summed E-state index contributed by atoms with van der Waals surface area (Å²) < 4.78 is 22.1. The Morgan fingerprint density at radius 1 is 0.792 bits per heavy atom. The van der Waals surface area contributed by atoms with E-state index in [1.807, 2.05) is 24.3 Å². The van der Waals surface area contributed by atoms with Crippen molar-refractivity contribution in [2.75, 3.05) is 65.9 Å². The summed E-state index contributed by atoms with van der Waals surface area (Å²) in [6.45, 7) is 7.05. The molecule has 1 aromatic carbocycles. The molecule has 1 aliphatic heterocycles. The molecule has 24 heavy (non-hydrogen) atoms. The first-order chi connectivity index (χ1) is 11.9. The van der Waals surface area contributed by atoms with Crippen molar-refractivity contribution >= 4 is 0 Å². The third kappa shape index (κ3) is 7.39. The molecule has 2 rings (SSSR count). The molecule has 1 aromatic rings. The highest BCUT2D eigenvalue weighted by molar-refractivity contribution is 5.37. The monoisotopic (exact) mass is 334 g/mol. The van der Waals surface area contributed by atoms with E-state index in [0.29, 0.717) is 59.4 Å². The lowest BCUT2D eigenvalue weighted by molar-refractivity contribution is 0.00206. The van der Waals surface area contributed by atoms with Crippen molar-refractivity contribution in [3.05, 3.63) is 35.4 Å². The molecule has 0 N–H and O–H groups in total. The second kappa shape index (κ2) is 12.0. The van der Waals surface area contributed by atoms with Gasteiger partial charge in [-0.05, 0) is 11.6 Å². The number of nitriles is 1. The zero-order chi connectivity index (χ0) is 16.9. The highest BCUT2D eigenvalue weighted by atomic mass is 16.6. The van der Waals surface area contributed by atoms with Crippen LogP contribution in [0.1, 0.15) is 11.1 Å². The highest BCUT2D eigenvalue weighted by Gasteiger charge is 2.09. The summed E-state index contributed by atoms with van der Waals surface area (Å²) in [7, 11) is 0. The minimum Gasteiger partial charge on any atom is -0.378 e. The Kier molecular flexibility index (Phi) is 9.39. The Hall–Kier alpha value is -1.49. The average Bonchev–Trinajstić information content (AvgIpc) is 2.62. The van der Waals surface area contributed by atoms with E-state index in [9.17, 15) is 5.26 Å². The van der Waals surface area contributed by atoms with E-state index < -0.39 is 0 Å². The van der Waals surface area contributed by atoms with E-state index >= 15 is 0 Å². The standard InChI is InChI=1S/C18H26N2O4/c19-15-17-3-1-2-4-18(17)16-20-5-7-21-9-11-23-13-14-24-12-10-22-8-6-20/h1-4H,5-14,16H2. The Morgan fingerprint density at radius 2 is 1.29 bits per heavy atom. The molecule has 0 aliphatic carbocycles. The first-order valence-corrected chi connectivity index (χ1v) is 8.41. The molecular formula is C18H26N2O4. The molecule has 0 bridgehead atoms. The molecule has 0 unspecified atom stereocenters. The summed E-state index contributed by atoms with van der Waals surface area (Å²) >= 11 is 0. The molecule has 1 fully saturated rings. The Morgan fingerprint density at radius 3 is 1.83 bits per heavy atom. The van der Waals surface area contributed by atoms with Crippen LogP contribution in [0.5, 0.6) is 0 Å². The zero-order valence-corrected chi connectivity index (χ0v) is 14.1. The number of hydrogen-bond donors (Lipinski definition) is 0. The van der Waals surface area contributed by atoms with Crippen molar-refractivity contribution in [1.82, 2.24) is 4.90 Å². The number of benzene rings is 1. The van der Waals surface area contributed by atoms with Crippen molar-refractivity contribution in [3.8, 4) is 6.07 Å². The second-order valence-electron chi connectivity index (χ2n) is 5.49. The minimum absolute atomic E-state index is 0.580. The van der Waals surface area contributed by atoms with Crippen LogP contribution in [0.3, 0.4) is 0 Å². The van der Waals surface area contributed by atoms with Gasteiger partial charge in [-0.2, -0.15) is 5.26 Å². The summed E-state index contributed by atoms with van der Waals surface area (Å²) in [6, 6.07) is 9.96. The number of nitrogens with zero attached hydrogens (tertiary/aromatic N) is 2. The molecule has 0 spiro atoms. The lowest BCUT2D eigenvalue weighted by Gasteiger charge is -2.22. The third-order valence-electron chi connectivity index (χ3n) is 3.75. The molecule has 0 aromatic heterocycles. The predicted molar refractivity (Wildman–Crippen MR) is 89.7 cm³/mol. The van der Waals surface area contributed by atoms with Crippen molar-refractivity contribution in [2.45, 2.75) is 6.54 Å². The van der Waals surface area contributed by atoms with Crippen LogP contribution in [0.25, 0.3) is 0 Å². The van der Waals surface area contributed by atoms with Crippen molar-refractivity contribution in [2.24, 2.45) is 0 Å². The smallest absolute Gasteiger partial charge is 0.0995 e. The molecule has 0 amide bonds. The molecule has 6 nitrogen and oxygen atoms in total. The summed E-state index contributed by atoms with van der Waals surface area (Å²) in [4.78, 5) is 2.25. The van der Waals surface area contributed by atoms with Gasteiger partial charge in [-0.1, -0.05) is 18.2 Å². The van der Waals surface area contributed by atoms with Crippen LogP contribution in [-0.4, -0.2) is 70.8 Å². The van der Waals surface area contributed by atoms with E-state index in [1.165, 1.54) is 0 Å². The molecule has 1 aliphatic rings. The minimum atomic E-state index is 0.580. The first-order valence-electron chi connectivity index (χ1n) is 8.41. The van der Waals surface area contributed by atoms with E-state index in [2.05, 4.69) is 11.0 Å². The second-order valence-corrected chi connectivity index (χ2v) is 5.49. The van der Waals surface area contributed by atoms with Gasteiger partial charge in [-0.15, -0.1) is 0 Å². The van der Waals surface area contributed by atoms with E-state index in [4.69, 9.17) is 18.9 Å². The first kappa shape index (κ1) is 18.8. The molecule has 0 atom stereocenters. The lowest BCUT2D eigenvalue weighted by Crippen LogP contribution is -2.31. The van der Waals surface area contributed by atoms with Crippen molar-refractivity contribution < 1.29 is 18.9 Å².